The Morgan fingerprint density at radius 1 is 1.15 bits per heavy atom. The molecule has 1 aromatic rings. The van der Waals surface area contributed by atoms with Gasteiger partial charge in [-0.25, -0.2) is 0 Å². The summed E-state index contributed by atoms with van der Waals surface area (Å²) in [6.07, 6.45) is 6.78. The molecule has 1 aromatic carbocycles. The van der Waals surface area contributed by atoms with Crippen LogP contribution in [0, 0.1) is 17.3 Å². The Hall–Kier alpha value is -0.150. The van der Waals surface area contributed by atoms with Crippen LogP contribution >= 0.6 is 0 Å². The van der Waals surface area contributed by atoms with Gasteiger partial charge in [0.2, 0.25) is 0 Å². The Labute approximate surface area is 178 Å². The fraction of sp³-hybridized carbons (Fsp3) is 0.667. The molecule has 26 heavy (non-hydrogen) atoms. The van der Waals surface area contributed by atoms with E-state index in [9.17, 15) is 10.2 Å². The average Bonchev–Trinajstić information content (AvgIpc) is 2.81. The first-order chi connectivity index (χ1) is 11.6. The maximum absolute atomic E-state index is 10.4. The van der Waals surface area contributed by atoms with Gasteiger partial charge in [0.1, 0.15) is 5.75 Å². The van der Waals surface area contributed by atoms with E-state index < -0.39 is 10.4 Å². The summed E-state index contributed by atoms with van der Waals surface area (Å²) in [5.41, 5.74) is 2.99. The topological polar surface area (TPSA) is 115 Å². The summed E-state index contributed by atoms with van der Waals surface area (Å²) in [4.78, 5) is 0. The summed E-state index contributed by atoms with van der Waals surface area (Å²) in [5.74, 6) is 2.49. The third-order valence-electron chi connectivity index (χ3n) is 6.66. The molecule has 0 amide bonds. The van der Waals surface area contributed by atoms with Crippen LogP contribution in [0.1, 0.15) is 57.5 Å². The number of aliphatic hydroxyl groups excluding tert-OH is 1. The molecule has 0 heterocycles. The molecule has 2 fully saturated rings. The van der Waals surface area contributed by atoms with E-state index in [1.54, 1.807) is 0 Å². The van der Waals surface area contributed by atoms with Crippen LogP contribution in [-0.4, -0.2) is 33.8 Å². The molecule has 8 heteroatoms. The van der Waals surface area contributed by atoms with Gasteiger partial charge in [-0.15, -0.1) is 0 Å². The van der Waals surface area contributed by atoms with Crippen molar-refractivity contribution in [3.8, 4) is 5.75 Å². The van der Waals surface area contributed by atoms with Crippen LogP contribution in [0.4, 0.5) is 0 Å². The normalized spacial score (nSPS) is 35.1. The largest absolute Gasteiger partial charge is 1.00 e. The molecule has 0 spiro atoms. The molecule has 142 valence electrons. The standard InChI is InChI=1S/C18H24O2.Na.H2O4S.H/c1-18-9-8-14-13-5-3-12(19)10-11(13)2-4-15(14)16(18)6-7-17(18)20;;1-5(2,3)4;/h3,5,10,14-17,19-20H,2,4,6-9H2,1H3;;(H2,1,2,3,4);/q;+1;;-1/t14-,15-,16+,17-,18+;;;/m1.../s1. The summed E-state index contributed by atoms with van der Waals surface area (Å²) >= 11 is 0. The number of fused-ring (bicyclic) bond motifs is 5. The molecule has 0 aliphatic heterocycles. The fourth-order valence-electron chi connectivity index (χ4n) is 5.54. The Morgan fingerprint density at radius 3 is 2.46 bits per heavy atom. The minimum absolute atomic E-state index is 0. The first kappa shape index (κ1) is 22.1. The quantitative estimate of drug-likeness (QED) is 0.366. The molecule has 3 aliphatic rings. The van der Waals surface area contributed by atoms with Gasteiger partial charge in [0.25, 0.3) is 0 Å². The molecule has 0 unspecified atom stereocenters. The summed E-state index contributed by atoms with van der Waals surface area (Å²) in [6.45, 7) is 2.32. The molecule has 6 nitrogen and oxygen atoms in total. The van der Waals surface area contributed by atoms with Crippen LogP contribution in [0.5, 0.6) is 5.75 Å². The summed E-state index contributed by atoms with van der Waals surface area (Å²) in [7, 11) is -4.67. The minimum atomic E-state index is -4.67. The first-order valence-electron chi connectivity index (χ1n) is 8.79. The first-order valence-corrected chi connectivity index (χ1v) is 10.2. The molecular weight excluding hydrogens is 367 g/mol. The second kappa shape index (κ2) is 8.07. The zero-order chi connectivity index (χ0) is 18.4. The second-order valence-corrected chi connectivity index (χ2v) is 8.78. The monoisotopic (exact) mass is 394 g/mol. The molecular formula is C18H27NaO6S. The third kappa shape index (κ3) is 4.46. The van der Waals surface area contributed by atoms with E-state index in [1.807, 2.05) is 12.1 Å². The predicted octanol–water partition coefficient (Wildman–Crippen LogP) is 0.0729. The van der Waals surface area contributed by atoms with E-state index in [-0.39, 0.29) is 42.5 Å². The summed E-state index contributed by atoms with van der Waals surface area (Å²) in [5, 5.41) is 20.0. The smallest absolute Gasteiger partial charge is 1.00 e. The molecule has 4 rings (SSSR count). The number of hydrogen-bond donors (Lipinski definition) is 4. The summed E-state index contributed by atoms with van der Waals surface area (Å²) < 4.78 is 31.6. The van der Waals surface area contributed by atoms with E-state index in [1.165, 1.54) is 30.4 Å². The van der Waals surface area contributed by atoms with Crippen molar-refractivity contribution < 1.29 is 58.7 Å². The number of phenols is 1. The van der Waals surface area contributed by atoms with Crippen LogP contribution < -0.4 is 29.6 Å². The van der Waals surface area contributed by atoms with E-state index in [0.29, 0.717) is 17.6 Å². The van der Waals surface area contributed by atoms with Gasteiger partial charge >= 0.3 is 40.0 Å². The number of benzene rings is 1. The Morgan fingerprint density at radius 2 is 1.81 bits per heavy atom. The number of rotatable bonds is 0. The Kier molecular flexibility index (Phi) is 6.87. The van der Waals surface area contributed by atoms with Crippen molar-refractivity contribution in [3.05, 3.63) is 29.3 Å². The molecule has 0 bridgehead atoms. The second-order valence-electron chi connectivity index (χ2n) is 7.88. The molecule has 4 N–H and O–H groups in total. The molecule has 5 atom stereocenters. The van der Waals surface area contributed by atoms with Crippen LogP contribution in [0.2, 0.25) is 0 Å². The Bertz CT molecular complexity index is 750. The number of phenolic OH excluding ortho intramolecular Hbond substituents is 1. The van der Waals surface area contributed by atoms with Crippen molar-refractivity contribution in [2.75, 3.05) is 0 Å². The van der Waals surface area contributed by atoms with Gasteiger partial charge < -0.3 is 11.6 Å². The predicted molar refractivity (Wildman–Crippen MR) is 94.0 cm³/mol. The van der Waals surface area contributed by atoms with Gasteiger partial charge in [-0.1, -0.05) is 13.0 Å². The van der Waals surface area contributed by atoms with Crippen LogP contribution in [0.25, 0.3) is 0 Å². The Balaban J connectivity index is 0.000000468. The number of aromatic hydroxyl groups is 1. The van der Waals surface area contributed by atoms with Crippen LogP contribution in [-0.2, 0) is 16.8 Å². The molecule has 0 saturated heterocycles. The average molecular weight is 394 g/mol. The van der Waals surface area contributed by atoms with Crippen molar-refractivity contribution in [3.63, 3.8) is 0 Å². The number of aryl methyl sites for hydroxylation is 1. The summed E-state index contributed by atoms with van der Waals surface area (Å²) in [6, 6.07) is 5.96. The minimum Gasteiger partial charge on any atom is -1.00 e. The van der Waals surface area contributed by atoms with E-state index in [0.717, 1.165) is 25.2 Å². The van der Waals surface area contributed by atoms with Gasteiger partial charge in [-0.05, 0) is 85.0 Å². The maximum Gasteiger partial charge on any atom is 1.00 e. The van der Waals surface area contributed by atoms with Crippen molar-refractivity contribution in [2.45, 2.75) is 57.5 Å². The molecule has 0 radical (unpaired) electrons. The van der Waals surface area contributed by atoms with Gasteiger partial charge in [-0.3, -0.25) is 9.11 Å². The van der Waals surface area contributed by atoms with Gasteiger partial charge in [-0.2, -0.15) is 8.42 Å². The zero-order valence-corrected chi connectivity index (χ0v) is 18.1. The maximum atomic E-state index is 10.4. The molecule has 3 aliphatic carbocycles. The van der Waals surface area contributed by atoms with E-state index >= 15 is 0 Å². The van der Waals surface area contributed by atoms with E-state index in [2.05, 4.69) is 13.0 Å². The van der Waals surface area contributed by atoms with Gasteiger partial charge in [0, 0.05) is 0 Å². The molecule has 0 aromatic heterocycles. The van der Waals surface area contributed by atoms with Crippen molar-refractivity contribution in [2.24, 2.45) is 17.3 Å². The van der Waals surface area contributed by atoms with E-state index in [4.69, 9.17) is 17.5 Å². The van der Waals surface area contributed by atoms with Crippen molar-refractivity contribution in [1.82, 2.24) is 0 Å². The number of hydrogen-bond acceptors (Lipinski definition) is 4. The van der Waals surface area contributed by atoms with Crippen molar-refractivity contribution >= 4 is 10.4 Å². The zero-order valence-electron chi connectivity index (χ0n) is 16.3. The van der Waals surface area contributed by atoms with Crippen LogP contribution in [0.15, 0.2) is 18.2 Å². The van der Waals surface area contributed by atoms with Crippen molar-refractivity contribution in [1.29, 1.82) is 0 Å². The number of aliphatic hydroxyl groups is 1. The van der Waals surface area contributed by atoms with Crippen LogP contribution in [0.3, 0.4) is 0 Å². The SMILES string of the molecule is C[C@]12CC[C@@H]3c4ccc(O)cc4CC[C@H]3[C@@H]1CC[C@H]2O.O=S(=O)(O)O.[H-].[Na+]. The fourth-order valence-corrected chi connectivity index (χ4v) is 5.54. The third-order valence-corrected chi connectivity index (χ3v) is 6.66. The van der Waals surface area contributed by atoms with Gasteiger partial charge in [0.05, 0.1) is 6.10 Å². The molecule has 2 saturated carbocycles. The van der Waals surface area contributed by atoms with Gasteiger partial charge in [0.15, 0.2) is 0 Å².